The second-order valence-electron chi connectivity index (χ2n) is 2.35. The van der Waals surface area contributed by atoms with E-state index in [0.29, 0.717) is 0 Å². The summed E-state index contributed by atoms with van der Waals surface area (Å²) in [6.07, 6.45) is 0. The van der Waals surface area contributed by atoms with Gasteiger partial charge in [0, 0.05) is 0 Å². The molecule has 1 rings (SSSR count). The van der Waals surface area contributed by atoms with Gasteiger partial charge in [0.2, 0.25) is 0 Å². The maximum absolute atomic E-state index is 13.2. The van der Waals surface area contributed by atoms with Crippen molar-refractivity contribution in [3.05, 3.63) is 40.4 Å². The van der Waals surface area contributed by atoms with Crippen molar-refractivity contribution in [2.75, 3.05) is 7.11 Å². The van der Waals surface area contributed by atoms with Gasteiger partial charge in [-0.2, -0.15) is 0 Å². The molecule has 1 aromatic carbocycles. The van der Waals surface area contributed by atoms with E-state index in [2.05, 4.69) is 22.5 Å². The molecule has 0 amide bonds. The summed E-state index contributed by atoms with van der Waals surface area (Å²) in [5.74, 6) is -1.79. The average molecular weight is 249 g/mol. The lowest BCUT2D eigenvalue weighted by Gasteiger charge is -2.06. The first-order valence-corrected chi connectivity index (χ1v) is 4.24. The highest BCUT2D eigenvalue weighted by Gasteiger charge is 2.13. The van der Waals surface area contributed by atoms with E-state index >= 15 is 0 Å². The maximum Gasteiger partial charge on any atom is 0.173 e. The number of rotatable bonds is 2. The molecule has 13 heavy (non-hydrogen) atoms. The van der Waals surface area contributed by atoms with E-state index in [1.165, 1.54) is 19.2 Å². The molecule has 70 valence electrons. The first-order chi connectivity index (χ1) is 6.07. The molecule has 0 heterocycles. The van der Waals surface area contributed by atoms with E-state index in [1.807, 2.05) is 0 Å². The minimum atomic E-state index is -0.957. The van der Waals surface area contributed by atoms with Crippen LogP contribution >= 0.6 is 15.9 Å². The molecular formula is C9H7BrF2O. The highest BCUT2D eigenvalue weighted by atomic mass is 79.9. The molecule has 0 aliphatic rings. The Bertz CT molecular complexity index is 350. The van der Waals surface area contributed by atoms with Crippen LogP contribution in [-0.2, 0) is 4.74 Å². The van der Waals surface area contributed by atoms with E-state index < -0.39 is 11.6 Å². The van der Waals surface area contributed by atoms with Crippen molar-refractivity contribution in [1.29, 1.82) is 0 Å². The lowest BCUT2D eigenvalue weighted by Crippen LogP contribution is -1.95. The van der Waals surface area contributed by atoms with Gasteiger partial charge in [-0.25, -0.2) is 8.78 Å². The third-order valence-corrected chi connectivity index (χ3v) is 2.19. The zero-order valence-electron chi connectivity index (χ0n) is 6.90. The monoisotopic (exact) mass is 248 g/mol. The first kappa shape index (κ1) is 10.2. The fourth-order valence-corrected chi connectivity index (χ4v) is 1.16. The number of benzene rings is 1. The Morgan fingerprint density at radius 1 is 1.38 bits per heavy atom. The van der Waals surface area contributed by atoms with Crippen molar-refractivity contribution >= 4 is 21.7 Å². The number of hydrogen-bond acceptors (Lipinski definition) is 1. The predicted molar refractivity (Wildman–Crippen MR) is 50.1 cm³/mol. The van der Waals surface area contributed by atoms with E-state index in [1.54, 1.807) is 0 Å². The van der Waals surface area contributed by atoms with Crippen molar-refractivity contribution in [1.82, 2.24) is 0 Å². The van der Waals surface area contributed by atoms with Gasteiger partial charge < -0.3 is 4.74 Å². The van der Waals surface area contributed by atoms with Crippen molar-refractivity contribution < 1.29 is 13.5 Å². The number of halogens is 3. The first-order valence-electron chi connectivity index (χ1n) is 3.44. The summed E-state index contributed by atoms with van der Waals surface area (Å²) in [5, 5.41) is 0. The Morgan fingerprint density at radius 2 is 2.00 bits per heavy atom. The molecule has 1 aromatic rings. The number of ether oxygens (including phenoxy) is 1. The summed E-state index contributed by atoms with van der Waals surface area (Å²) >= 11 is 2.87. The van der Waals surface area contributed by atoms with Gasteiger partial charge in [-0.3, -0.25) is 0 Å². The van der Waals surface area contributed by atoms with Crippen LogP contribution in [-0.4, -0.2) is 7.11 Å². The molecule has 0 unspecified atom stereocenters. The molecular weight excluding hydrogens is 242 g/mol. The minimum absolute atomic E-state index is 0.0307. The molecule has 0 fully saturated rings. The molecule has 0 aliphatic carbocycles. The van der Waals surface area contributed by atoms with Crippen LogP contribution in [0.5, 0.6) is 0 Å². The van der Waals surface area contributed by atoms with Crippen LogP contribution in [0.15, 0.2) is 23.2 Å². The van der Waals surface area contributed by atoms with Gasteiger partial charge >= 0.3 is 0 Å². The Hall–Kier alpha value is -0.900. The van der Waals surface area contributed by atoms with Crippen molar-refractivity contribution in [2.45, 2.75) is 0 Å². The third-order valence-electron chi connectivity index (χ3n) is 1.58. The summed E-state index contributed by atoms with van der Waals surface area (Å²) in [6.45, 7) is 3.43. The quantitative estimate of drug-likeness (QED) is 0.576. The Kier molecular flexibility index (Phi) is 3.03. The molecule has 0 spiro atoms. The average Bonchev–Trinajstić information content (AvgIpc) is 2.13. The fraction of sp³-hybridized carbons (Fsp3) is 0.111. The van der Waals surface area contributed by atoms with Crippen LogP contribution in [0.4, 0.5) is 8.78 Å². The standard InChI is InChI=1S/C9H7BrF2O/c1-5(13-2)6-3-4-7(10)9(12)8(6)11/h3-4H,1H2,2H3. The SMILES string of the molecule is C=C(OC)c1ccc(Br)c(F)c1F. The summed E-state index contributed by atoms with van der Waals surface area (Å²) in [4.78, 5) is 0. The Balaban J connectivity index is 3.26. The smallest absolute Gasteiger partial charge is 0.173 e. The van der Waals surface area contributed by atoms with Gasteiger partial charge in [0.1, 0.15) is 5.76 Å². The summed E-state index contributed by atoms with van der Waals surface area (Å²) < 4.78 is 30.9. The van der Waals surface area contributed by atoms with Crippen LogP contribution in [0.3, 0.4) is 0 Å². The van der Waals surface area contributed by atoms with Gasteiger partial charge in [0.05, 0.1) is 17.1 Å². The molecule has 0 saturated heterocycles. The van der Waals surface area contributed by atoms with Crippen molar-refractivity contribution in [3.63, 3.8) is 0 Å². The third kappa shape index (κ3) is 1.88. The molecule has 0 radical (unpaired) electrons. The van der Waals surface area contributed by atoms with Crippen LogP contribution < -0.4 is 0 Å². The predicted octanol–water partition coefficient (Wildman–Crippen LogP) is 3.34. The molecule has 0 atom stereocenters. The molecule has 0 saturated carbocycles. The normalized spacial score (nSPS) is 9.85. The Labute approximate surface area is 83.1 Å². The zero-order valence-corrected chi connectivity index (χ0v) is 8.49. The molecule has 0 aromatic heterocycles. The maximum atomic E-state index is 13.2. The largest absolute Gasteiger partial charge is 0.497 e. The van der Waals surface area contributed by atoms with E-state index in [9.17, 15) is 8.78 Å². The molecule has 4 heteroatoms. The van der Waals surface area contributed by atoms with E-state index in [0.717, 1.165) is 0 Å². The van der Waals surface area contributed by atoms with Gasteiger partial charge in [-0.15, -0.1) is 0 Å². The molecule has 0 bridgehead atoms. The topological polar surface area (TPSA) is 9.23 Å². The summed E-state index contributed by atoms with van der Waals surface area (Å²) in [7, 11) is 1.35. The second-order valence-corrected chi connectivity index (χ2v) is 3.20. The van der Waals surface area contributed by atoms with Gasteiger partial charge in [0.25, 0.3) is 0 Å². The molecule has 0 N–H and O–H groups in total. The summed E-state index contributed by atoms with van der Waals surface area (Å²) in [6, 6.07) is 2.80. The summed E-state index contributed by atoms with van der Waals surface area (Å²) in [5.41, 5.74) is 0.0307. The highest BCUT2D eigenvalue weighted by Crippen LogP contribution is 2.24. The van der Waals surface area contributed by atoms with Gasteiger partial charge in [-0.1, -0.05) is 6.58 Å². The van der Waals surface area contributed by atoms with Crippen molar-refractivity contribution in [2.24, 2.45) is 0 Å². The highest BCUT2D eigenvalue weighted by molar-refractivity contribution is 9.10. The zero-order chi connectivity index (χ0) is 10.0. The minimum Gasteiger partial charge on any atom is -0.497 e. The van der Waals surface area contributed by atoms with Crippen LogP contribution in [0, 0.1) is 11.6 Å². The van der Waals surface area contributed by atoms with Crippen LogP contribution in [0.1, 0.15) is 5.56 Å². The molecule has 0 aliphatic heterocycles. The van der Waals surface area contributed by atoms with Gasteiger partial charge in [-0.05, 0) is 28.1 Å². The van der Waals surface area contributed by atoms with E-state index in [4.69, 9.17) is 4.74 Å². The fourth-order valence-electron chi connectivity index (χ4n) is 0.851. The Morgan fingerprint density at radius 3 is 2.54 bits per heavy atom. The lowest BCUT2D eigenvalue weighted by atomic mass is 10.2. The lowest BCUT2D eigenvalue weighted by molar-refractivity contribution is 0.366. The van der Waals surface area contributed by atoms with Crippen molar-refractivity contribution in [3.8, 4) is 0 Å². The van der Waals surface area contributed by atoms with E-state index in [-0.39, 0.29) is 15.8 Å². The van der Waals surface area contributed by atoms with Crippen LogP contribution in [0.25, 0.3) is 5.76 Å². The van der Waals surface area contributed by atoms with Gasteiger partial charge in [0.15, 0.2) is 11.6 Å². The van der Waals surface area contributed by atoms with Crippen LogP contribution in [0.2, 0.25) is 0 Å². The molecule has 1 nitrogen and oxygen atoms in total. The second kappa shape index (κ2) is 3.87. The number of methoxy groups -OCH3 is 1. The number of hydrogen-bond donors (Lipinski definition) is 0.